The summed E-state index contributed by atoms with van der Waals surface area (Å²) in [6, 6.07) is 0.370. The number of morpholine rings is 1. The van der Waals surface area contributed by atoms with E-state index in [4.69, 9.17) is 9.47 Å². The van der Waals surface area contributed by atoms with Gasteiger partial charge in [0.2, 0.25) is 5.91 Å². The van der Waals surface area contributed by atoms with Gasteiger partial charge in [-0.2, -0.15) is 0 Å². The van der Waals surface area contributed by atoms with E-state index in [0.29, 0.717) is 12.0 Å². The fourth-order valence-corrected chi connectivity index (χ4v) is 3.95. The highest BCUT2D eigenvalue weighted by Crippen LogP contribution is 2.23. The fourth-order valence-electron chi connectivity index (χ4n) is 3.95. The van der Waals surface area contributed by atoms with Crippen LogP contribution in [0.4, 0.5) is 0 Å². The molecule has 3 rings (SSSR count). The van der Waals surface area contributed by atoms with Crippen molar-refractivity contribution in [3.05, 3.63) is 11.6 Å². The second kappa shape index (κ2) is 8.81. The van der Waals surface area contributed by atoms with E-state index in [1.54, 1.807) is 0 Å². The second-order valence-corrected chi connectivity index (χ2v) is 6.95. The highest BCUT2D eigenvalue weighted by atomic mass is 16.5. The monoisotopic (exact) mass is 322 g/mol. The Morgan fingerprint density at radius 1 is 1.17 bits per heavy atom. The van der Waals surface area contributed by atoms with Crippen molar-refractivity contribution in [2.45, 2.75) is 44.6 Å². The molecule has 1 saturated carbocycles. The molecule has 0 spiro atoms. The highest BCUT2D eigenvalue weighted by molar-refractivity contribution is 5.88. The molecule has 5 heteroatoms. The third-order valence-electron chi connectivity index (χ3n) is 5.34. The Morgan fingerprint density at radius 2 is 1.96 bits per heavy atom. The molecule has 130 valence electrons. The maximum absolute atomic E-state index is 12.3. The molecule has 2 atom stereocenters. The van der Waals surface area contributed by atoms with Gasteiger partial charge >= 0.3 is 0 Å². The van der Waals surface area contributed by atoms with Crippen LogP contribution in [0, 0.1) is 5.92 Å². The average Bonchev–Trinajstić information content (AvgIpc) is 3.11. The summed E-state index contributed by atoms with van der Waals surface area (Å²) in [7, 11) is 0. The van der Waals surface area contributed by atoms with Crippen molar-refractivity contribution in [2.24, 2.45) is 5.92 Å². The van der Waals surface area contributed by atoms with Crippen molar-refractivity contribution >= 4 is 5.91 Å². The summed E-state index contributed by atoms with van der Waals surface area (Å²) in [6.45, 7) is 5.89. The van der Waals surface area contributed by atoms with Gasteiger partial charge < -0.3 is 14.8 Å². The lowest BCUT2D eigenvalue weighted by Crippen LogP contribution is -2.52. The van der Waals surface area contributed by atoms with Gasteiger partial charge in [-0.1, -0.05) is 12.0 Å². The number of hydrogen-bond donors (Lipinski definition) is 1. The van der Waals surface area contributed by atoms with Crippen molar-refractivity contribution in [3.8, 4) is 0 Å². The zero-order valence-corrected chi connectivity index (χ0v) is 14.1. The predicted molar refractivity (Wildman–Crippen MR) is 89.3 cm³/mol. The number of carbonyl (C=O) groups excluding carboxylic acids is 1. The number of carbonyl (C=O) groups is 1. The number of hydrogen-bond acceptors (Lipinski definition) is 4. The van der Waals surface area contributed by atoms with Crippen LogP contribution in [0.25, 0.3) is 0 Å². The van der Waals surface area contributed by atoms with Crippen molar-refractivity contribution in [1.82, 2.24) is 10.2 Å². The Hall–Kier alpha value is -0.910. The molecule has 1 amide bonds. The molecule has 3 fully saturated rings. The molecule has 0 aromatic carbocycles. The molecule has 0 bridgehead atoms. The first-order valence-electron chi connectivity index (χ1n) is 9.20. The zero-order valence-electron chi connectivity index (χ0n) is 14.1. The van der Waals surface area contributed by atoms with Gasteiger partial charge in [0.25, 0.3) is 0 Å². The lowest BCUT2D eigenvalue weighted by Gasteiger charge is -2.37. The van der Waals surface area contributed by atoms with Crippen LogP contribution in [-0.2, 0) is 14.3 Å². The lowest BCUT2D eigenvalue weighted by atomic mass is 9.94. The molecular formula is C18H30N2O3. The summed E-state index contributed by atoms with van der Waals surface area (Å²) >= 11 is 0. The number of amides is 1. The number of nitrogens with zero attached hydrogens (tertiary/aromatic N) is 1. The SMILES string of the molecule is O=C(C=C1CCCCC1)NC[C@H]([C@H]1CCOC1)N1CCOCC1. The third-order valence-corrected chi connectivity index (χ3v) is 5.34. The van der Waals surface area contributed by atoms with Crippen molar-refractivity contribution < 1.29 is 14.3 Å². The van der Waals surface area contributed by atoms with E-state index >= 15 is 0 Å². The van der Waals surface area contributed by atoms with Crippen molar-refractivity contribution in [2.75, 3.05) is 46.1 Å². The van der Waals surface area contributed by atoms with E-state index < -0.39 is 0 Å². The number of allylic oxidation sites excluding steroid dienone is 1. The predicted octanol–water partition coefficient (Wildman–Crippen LogP) is 1.73. The number of rotatable bonds is 5. The van der Waals surface area contributed by atoms with Crippen molar-refractivity contribution in [3.63, 3.8) is 0 Å². The molecule has 5 nitrogen and oxygen atoms in total. The van der Waals surface area contributed by atoms with Crippen LogP contribution in [0.15, 0.2) is 11.6 Å². The summed E-state index contributed by atoms with van der Waals surface area (Å²) in [4.78, 5) is 14.7. The Balaban J connectivity index is 1.53. The standard InChI is InChI=1S/C18H30N2O3/c21-18(12-15-4-2-1-3-5-15)19-13-17(16-6-9-23-14-16)20-7-10-22-11-8-20/h12,16-17H,1-11,13-14H2,(H,19,21)/t16-,17+/m0/s1. The highest BCUT2D eigenvalue weighted by Gasteiger charge is 2.31. The molecule has 1 aliphatic carbocycles. The van der Waals surface area contributed by atoms with E-state index in [-0.39, 0.29) is 5.91 Å². The summed E-state index contributed by atoms with van der Waals surface area (Å²) < 4.78 is 11.0. The maximum atomic E-state index is 12.3. The van der Waals surface area contributed by atoms with Gasteiger partial charge in [-0.05, 0) is 32.1 Å². The van der Waals surface area contributed by atoms with Crippen LogP contribution in [0.1, 0.15) is 38.5 Å². The molecular weight excluding hydrogens is 292 g/mol. The summed E-state index contributed by atoms with van der Waals surface area (Å²) in [5.74, 6) is 0.606. The second-order valence-electron chi connectivity index (χ2n) is 6.95. The Morgan fingerprint density at radius 3 is 2.65 bits per heavy atom. The number of nitrogens with one attached hydrogen (secondary N) is 1. The molecule has 0 aromatic heterocycles. The van der Waals surface area contributed by atoms with E-state index in [0.717, 1.165) is 65.3 Å². The van der Waals surface area contributed by atoms with E-state index in [2.05, 4.69) is 10.2 Å². The molecule has 23 heavy (non-hydrogen) atoms. The van der Waals surface area contributed by atoms with E-state index in [9.17, 15) is 4.79 Å². The van der Waals surface area contributed by atoms with Crippen LogP contribution in [0.2, 0.25) is 0 Å². The molecule has 0 aromatic rings. The minimum absolute atomic E-state index is 0.0825. The first kappa shape index (κ1) is 16.9. The van der Waals surface area contributed by atoms with E-state index in [1.165, 1.54) is 24.8 Å². The van der Waals surface area contributed by atoms with Crippen LogP contribution in [-0.4, -0.2) is 62.9 Å². The molecule has 2 saturated heterocycles. The van der Waals surface area contributed by atoms with Crippen LogP contribution in [0.5, 0.6) is 0 Å². The summed E-state index contributed by atoms with van der Waals surface area (Å²) in [6.07, 6.45) is 8.90. The van der Waals surface area contributed by atoms with Crippen LogP contribution in [0.3, 0.4) is 0 Å². The number of ether oxygens (including phenoxy) is 2. The average molecular weight is 322 g/mol. The smallest absolute Gasteiger partial charge is 0.243 e. The van der Waals surface area contributed by atoms with Gasteiger partial charge in [-0.3, -0.25) is 9.69 Å². The van der Waals surface area contributed by atoms with Gasteiger partial charge in [0.1, 0.15) is 0 Å². The minimum Gasteiger partial charge on any atom is -0.381 e. The zero-order chi connectivity index (χ0) is 15.9. The molecule has 2 heterocycles. The first-order chi connectivity index (χ1) is 11.3. The van der Waals surface area contributed by atoms with Gasteiger partial charge in [0.15, 0.2) is 0 Å². The van der Waals surface area contributed by atoms with Gasteiger partial charge in [-0.15, -0.1) is 0 Å². The Labute approximate surface area is 139 Å². The molecule has 0 unspecified atom stereocenters. The first-order valence-corrected chi connectivity index (χ1v) is 9.20. The topological polar surface area (TPSA) is 50.8 Å². The van der Waals surface area contributed by atoms with Gasteiger partial charge in [0, 0.05) is 44.3 Å². The third kappa shape index (κ3) is 5.03. The molecule has 3 aliphatic rings. The van der Waals surface area contributed by atoms with Crippen molar-refractivity contribution in [1.29, 1.82) is 0 Å². The molecule has 0 radical (unpaired) electrons. The van der Waals surface area contributed by atoms with Gasteiger partial charge in [-0.25, -0.2) is 0 Å². The summed E-state index contributed by atoms with van der Waals surface area (Å²) in [5.41, 5.74) is 1.32. The lowest BCUT2D eigenvalue weighted by molar-refractivity contribution is -0.117. The largest absolute Gasteiger partial charge is 0.381 e. The van der Waals surface area contributed by atoms with Crippen LogP contribution >= 0.6 is 0 Å². The van der Waals surface area contributed by atoms with E-state index in [1.807, 2.05) is 6.08 Å². The Kier molecular flexibility index (Phi) is 6.48. The van der Waals surface area contributed by atoms with Crippen LogP contribution < -0.4 is 5.32 Å². The fraction of sp³-hybridized carbons (Fsp3) is 0.833. The summed E-state index contributed by atoms with van der Waals surface area (Å²) in [5, 5.41) is 3.15. The van der Waals surface area contributed by atoms with Gasteiger partial charge in [0.05, 0.1) is 19.8 Å². The maximum Gasteiger partial charge on any atom is 0.243 e. The Bertz CT molecular complexity index is 404. The molecule has 2 aliphatic heterocycles. The normalized spacial score (nSPS) is 27.7. The minimum atomic E-state index is 0.0825. The molecule has 1 N–H and O–H groups in total. The quantitative estimate of drug-likeness (QED) is 0.783.